The largest absolute Gasteiger partial charge is 0.482 e. The molecule has 0 saturated carbocycles. The van der Waals surface area contributed by atoms with E-state index in [9.17, 15) is 24.3 Å². The maximum atomic E-state index is 14.2. The summed E-state index contributed by atoms with van der Waals surface area (Å²) in [5.41, 5.74) is 9.11. The molecule has 1 unspecified atom stereocenters. The number of aliphatic hydroxyl groups excluding tert-OH is 1. The van der Waals surface area contributed by atoms with Crippen LogP contribution in [0, 0.1) is 33.1 Å². The van der Waals surface area contributed by atoms with Gasteiger partial charge in [0.25, 0.3) is 5.91 Å². The third-order valence-corrected chi connectivity index (χ3v) is 14.6. The van der Waals surface area contributed by atoms with Crippen molar-refractivity contribution in [3.8, 4) is 32.4 Å². The molecule has 3 N–H and O–H groups in total. The lowest BCUT2D eigenvalue weighted by atomic mass is 9.85. The number of amides is 3. The molecule has 6 heterocycles. The summed E-state index contributed by atoms with van der Waals surface area (Å²) < 4.78 is 12.9. The molecule has 4 aromatic heterocycles. The van der Waals surface area contributed by atoms with E-state index < -0.39 is 54.0 Å². The Hall–Kier alpha value is -6.63. The fourth-order valence-electron chi connectivity index (χ4n) is 8.57. The van der Waals surface area contributed by atoms with Crippen molar-refractivity contribution in [3.63, 3.8) is 0 Å². The second kappa shape index (κ2) is 19.5. The number of hydrogen-bond acceptors (Lipinski definition) is 14. The fraction of sp³-hybridized carbons (Fsp3) is 0.380. The monoisotopic (exact) mass is 957 g/mol. The van der Waals surface area contributed by atoms with Crippen LogP contribution >= 0.6 is 22.7 Å². The Bertz CT molecular complexity index is 2880. The minimum Gasteiger partial charge on any atom is -0.482 e. The van der Waals surface area contributed by atoms with Crippen molar-refractivity contribution >= 4 is 52.1 Å². The number of ether oxygens (including phenoxy) is 2. The molecule has 0 radical (unpaired) electrons. The summed E-state index contributed by atoms with van der Waals surface area (Å²) in [5.74, 6) is -0.151. The highest BCUT2D eigenvalue weighted by atomic mass is 32.1. The number of hydrogen-bond donors (Lipinski definition) is 3. The predicted octanol–water partition coefficient (Wildman–Crippen LogP) is 6.95. The number of benzene rings is 2. The third kappa shape index (κ3) is 9.84. The molecule has 68 heavy (non-hydrogen) atoms. The first kappa shape index (κ1) is 47.8. The number of likely N-dealkylation sites (tertiary alicyclic amines) is 1. The average molecular weight is 958 g/mol. The van der Waals surface area contributed by atoms with Crippen LogP contribution < -0.4 is 15.4 Å². The topological polar surface area (TPSA) is 203 Å². The highest BCUT2D eigenvalue weighted by Crippen LogP contribution is 2.40. The number of carbonyl (C=O) groups excluding carboxylic acids is 4. The fourth-order valence-corrected chi connectivity index (χ4v) is 10.6. The highest BCUT2D eigenvalue weighted by Gasteiger charge is 2.45. The normalized spacial score (nSPS) is 17.6. The van der Waals surface area contributed by atoms with Crippen molar-refractivity contribution in [3.05, 3.63) is 117 Å². The zero-order valence-electron chi connectivity index (χ0n) is 39.5. The second-order valence-electron chi connectivity index (χ2n) is 18.3. The quantitative estimate of drug-likeness (QED) is 0.101. The van der Waals surface area contributed by atoms with E-state index in [4.69, 9.17) is 14.5 Å². The van der Waals surface area contributed by atoms with Crippen LogP contribution in [0.1, 0.15) is 97.1 Å². The SMILES string of the molecule is COC(=O)C[C@@H]1N=C(c2ccc(-c3ccc(OCC(=O)NC(C(=O)N4C[C@H](O)C[C@H]4C(=O)N[C@@H](C)c4ccc(-c5scnc5C)cc4)C(C)(C)C)cn3)cc2)c2c(sc(C)c2C)-n2c(C)nnc21. The van der Waals surface area contributed by atoms with Crippen molar-refractivity contribution in [2.24, 2.45) is 10.4 Å². The number of thiazole rings is 1. The zero-order chi connectivity index (χ0) is 48.6. The van der Waals surface area contributed by atoms with Crippen molar-refractivity contribution in [1.82, 2.24) is 40.3 Å². The number of β-amino-alcohol motifs (C(OH)–C–C–N with tert-alkyl or cyclic N) is 1. The summed E-state index contributed by atoms with van der Waals surface area (Å²) in [7, 11) is 1.36. The van der Waals surface area contributed by atoms with Gasteiger partial charge in [-0.2, -0.15) is 0 Å². The van der Waals surface area contributed by atoms with Gasteiger partial charge in [-0.25, -0.2) is 4.98 Å². The van der Waals surface area contributed by atoms with Gasteiger partial charge < -0.3 is 30.1 Å². The van der Waals surface area contributed by atoms with E-state index in [1.54, 1.807) is 34.8 Å². The number of carbonyl (C=O) groups is 4. The lowest BCUT2D eigenvalue weighted by Crippen LogP contribution is -2.58. The van der Waals surface area contributed by atoms with Crippen LogP contribution in [0.3, 0.4) is 0 Å². The number of aliphatic hydroxyl groups is 1. The molecule has 2 aliphatic heterocycles. The lowest BCUT2D eigenvalue weighted by molar-refractivity contribution is -0.144. The van der Waals surface area contributed by atoms with E-state index in [2.05, 4.69) is 44.6 Å². The molecule has 0 bridgehead atoms. The van der Waals surface area contributed by atoms with Crippen LogP contribution in [0.4, 0.5) is 0 Å². The molecule has 16 nitrogen and oxygen atoms in total. The van der Waals surface area contributed by atoms with Crippen molar-refractivity contribution in [1.29, 1.82) is 0 Å². The molecule has 2 aromatic carbocycles. The number of nitrogens with one attached hydrogen (secondary N) is 2. The van der Waals surface area contributed by atoms with Crippen LogP contribution in [-0.4, -0.2) is 103 Å². The molecular weight excluding hydrogens is 903 g/mol. The van der Waals surface area contributed by atoms with E-state index in [0.717, 1.165) is 59.5 Å². The summed E-state index contributed by atoms with van der Waals surface area (Å²) >= 11 is 3.20. The Morgan fingerprint density at radius 1 is 0.912 bits per heavy atom. The summed E-state index contributed by atoms with van der Waals surface area (Å²) in [5, 5.41) is 26.3. The molecule has 3 amide bonds. The predicted molar refractivity (Wildman–Crippen MR) is 260 cm³/mol. The Labute approximate surface area is 402 Å². The van der Waals surface area contributed by atoms with Gasteiger partial charge in [0.2, 0.25) is 11.8 Å². The van der Waals surface area contributed by atoms with Gasteiger partial charge >= 0.3 is 5.97 Å². The molecule has 0 aliphatic carbocycles. The highest BCUT2D eigenvalue weighted by molar-refractivity contribution is 7.15. The first-order valence-electron chi connectivity index (χ1n) is 22.4. The number of aromatic nitrogens is 5. The summed E-state index contributed by atoms with van der Waals surface area (Å²) in [6.07, 6.45) is 0.711. The summed E-state index contributed by atoms with van der Waals surface area (Å²) in [6.45, 7) is 14.9. The molecule has 0 spiro atoms. The van der Waals surface area contributed by atoms with Gasteiger partial charge in [-0.05, 0) is 68.9 Å². The molecule has 18 heteroatoms. The van der Waals surface area contributed by atoms with E-state index in [0.29, 0.717) is 23.1 Å². The van der Waals surface area contributed by atoms with Gasteiger partial charge in [0.05, 0.1) is 59.4 Å². The van der Waals surface area contributed by atoms with Gasteiger partial charge in [0.15, 0.2) is 12.4 Å². The number of rotatable bonds is 13. The minimum atomic E-state index is -1.02. The van der Waals surface area contributed by atoms with Crippen LogP contribution in [-0.2, 0) is 23.9 Å². The number of fused-ring (bicyclic) bond motifs is 3. The van der Waals surface area contributed by atoms with E-state index >= 15 is 0 Å². The van der Waals surface area contributed by atoms with Gasteiger partial charge in [-0.1, -0.05) is 69.3 Å². The van der Waals surface area contributed by atoms with Gasteiger partial charge in [0, 0.05) is 34.5 Å². The number of pyridine rings is 1. The molecule has 1 saturated heterocycles. The third-order valence-electron chi connectivity index (χ3n) is 12.4. The molecule has 2 aliphatic rings. The smallest absolute Gasteiger partial charge is 0.308 e. The van der Waals surface area contributed by atoms with Crippen molar-refractivity contribution < 1.29 is 33.8 Å². The maximum absolute atomic E-state index is 14.2. The van der Waals surface area contributed by atoms with Crippen LogP contribution in [0.25, 0.3) is 26.7 Å². The van der Waals surface area contributed by atoms with Crippen LogP contribution in [0.15, 0.2) is 77.4 Å². The Balaban J connectivity index is 0.905. The van der Waals surface area contributed by atoms with Crippen molar-refractivity contribution in [2.45, 2.75) is 98.5 Å². The van der Waals surface area contributed by atoms with Gasteiger partial charge in [-0.15, -0.1) is 32.9 Å². The second-order valence-corrected chi connectivity index (χ2v) is 20.4. The van der Waals surface area contributed by atoms with E-state index in [1.807, 2.05) is 100 Å². The molecule has 5 atom stereocenters. The minimum absolute atomic E-state index is 0.00873. The van der Waals surface area contributed by atoms with Gasteiger partial charge in [0.1, 0.15) is 34.7 Å². The Morgan fingerprint density at radius 2 is 1.62 bits per heavy atom. The zero-order valence-corrected chi connectivity index (χ0v) is 41.1. The summed E-state index contributed by atoms with van der Waals surface area (Å²) in [4.78, 5) is 71.6. The molecule has 8 rings (SSSR count). The lowest BCUT2D eigenvalue weighted by Gasteiger charge is -2.35. The number of aliphatic imine (C=N–C) groups is 1. The van der Waals surface area contributed by atoms with Crippen LogP contribution in [0.2, 0.25) is 0 Å². The van der Waals surface area contributed by atoms with Crippen molar-refractivity contribution in [2.75, 3.05) is 20.3 Å². The summed E-state index contributed by atoms with van der Waals surface area (Å²) in [6, 6.07) is 16.4. The standard InChI is InChI=1S/C50H55N9O7S2/c1-26-29(4)68-49-42(26)43(54-38(21-41(62)65-9)46-57-56-30(5)59(46)49)33-14-12-32(13-15-33)37-19-18-36(22-51-37)66-24-40(61)55-45(50(6,7)8)48(64)58-23-35(60)20-39(58)47(63)53-27(2)31-10-16-34(17-11-31)44-28(3)52-25-67-44/h10-19,22,25,27,35,38-39,45,60H,20-21,23-24H2,1-9H3,(H,53,63)(H,55,61)/t27-,35+,38-,39-,45?/m0/s1. The average Bonchev–Trinajstić information content (AvgIpc) is 4.09. The molecular formula is C50H55N9O7S2. The number of thiophene rings is 1. The maximum Gasteiger partial charge on any atom is 0.308 e. The van der Waals surface area contributed by atoms with Crippen LogP contribution in [0.5, 0.6) is 5.75 Å². The molecule has 6 aromatic rings. The first-order valence-corrected chi connectivity index (χ1v) is 24.1. The number of methoxy groups -OCH3 is 1. The first-order chi connectivity index (χ1) is 32.4. The number of nitrogens with zero attached hydrogens (tertiary/aromatic N) is 7. The molecule has 354 valence electrons. The Morgan fingerprint density at radius 3 is 2.26 bits per heavy atom. The number of aryl methyl sites for hydroxylation is 3. The van der Waals surface area contributed by atoms with Gasteiger partial charge in [-0.3, -0.25) is 33.7 Å². The van der Waals surface area contributed by atoms with E-state index in [1.165, 1.54) is 18.2 Å². The van der Waals surface area contributed by atoms with E-state index in [-0.39, 0.29) is 31.3 Å². The Kier molecular flexibility index (Phi) is 13.7. The molecule has 1 fully saturated rings. The number of esters is 1.